The van der Waals surface area contributed by atoms with E-state index in [1.54, 1.807) is 24.8 Å². The highest BCUT2D eigenvalue weighted by Gasteiger charge is 2.32. The minimum Gasteiger partial charge on any atom is -0.360 e. The molecule has 2 heterocycles. The maximum Gasteiger partial charge on any atom is 0.248 e. The van der Waals surface area contributed by atoms with Crippen LogP contribution >= 0.6 is 0 Å². The van der Waals surface area contributed by atoms with E-state index in [0.717, 1.165) is 5.56 Å². The van der Waals surface area contributed by atoms with Gasteiger partial charge >= 0.3 is 0 Å². The number of carbonyl (C=O) groups is 2. The number of hydrogen-bond acceptors (Lipinski definition) is 6. The van der Waals surface area contributed by atoms with Crippen molar-refractivity contribution in [2.75, 3.05) is 32.7 Å². The smallest absolute Gasteiger partial charge is 0.248 e. The molecule has 2 aromatic rings. The molecular weight excluding hydrogens is 420 g/mol. The molecule has 31 heavy (non-hydrogen) atoms. The number of sulfonamides is 1. The third-order valence-electron chi connectivity index (χ3n) is 5.01. The third kappa shape index (κ3) is 5.59. The highest BCUT2D eigenvalue weighted by molar-refractivity contribution is 7.89. The zero-order chi connectivity index (χ0) is 22.4. The van der Waals surface area contributed by atoms with E-state index in [1.165, 1.54) is 10.4 Å². The van der Waals surface area contributed by atoms with Gasteiger partial charge in [0.05, 0.1) is 6.54 Å². The van der Waals surface area contributed by atoms with Crippen molar-refractivity contribution in [3.63, 3.8) is 0 Å². The van der Waals surface area contributed by atoms with Gasteiger partial charge in [-0.25, -0.2) is 8.42 Å². The maximum atomic E-state index is 13.0. The number of nitrogens with one attached hydrogen (secondary N) is 1. The fourth-order valence-electron chi connectivity index (χ4n) is 3.43. The highest BCUT2D eigenvalue weighted by atomic mass is 32.2. The van der Waals surface area contributed by atoms with Crippen LogP contribution in [0.25, 0.3) is 6.08 Å². The molecule has 1 aromatic carbocycles. The Morgan fingerprint density at radius 3 is 2.55 bits per heavy atom. The Kier molecular flexibility index (Phi) is 7.24. The summed E-state index contributed by atoms with van der Waals surface area (Å²) in [6.07, 6.45) is 3.54. The van der Waals surface area contributed by atoms with Crippen molar-refractivity contribution < 1.29 is 22.5 Å². The number of hydrogen-bond donors (Lipinski definition) is 1. The molecule has 1 saturated heterocycles. The van der Waals surface area contributed by atoms with E-state index in [1.807, 2.05) is 30.3 Å². The third-order valence-corrected chi connectivity index (χ3v) is 7.16. The first-order valence-corrected chi connectivity index (χ1v) is 11.4. The number of amides is 2. The van der Waals surface area contributed by atoms with Crippen molar-refractivity contribution in [2.45, 2.75) is 25.2 Å². The predicted molar refractivity (Wildman–Crippen MR) is 114 cm³/mol. The fourth-order valence-corrected chi connectivity index (χ4v) is 5.19. The van der Waals surface area contributed by atoms with E-state index in [0.29, 0.717) is 25.2 Å². The zero-order valence-corrected chi connectivity index (χ0v) is 18.4. The number of benzene rings is 1. The molecule has 0 spiro atoms. The van der Waals surface area contributed by atoms with Gasteiger partial charge in [0.25, 0.3) is 0 Å². The van der Waals surface area contributed by atoms with Crippen molar-refractivity contribution in [2.24, 2.45) is 0 Å². The van der Waals surface area contributed by atoms with Gasteiger partial charge in [-0.2, -0.15) is 4.31 Å². The predicted octanol–water partition coefficient (Wildman–Crippen LogP) is 1.34. The van der Waals surface area contributed by atoms with Crippen LogP contribution in [0.4, 0.5) is 0 Å². The Balaban J connectivity index is 1.54. The molecule has 0 saturated carbocycles. The second-order valence-electron chi connectivity index (χ2n) is 7.25. The van der Waals surface area contributed by atoms with Crippen LogP contribution in [-0.2, 0) is 19.6 Å². The Bertz CT molecular complexity index is 1040. The quantitative estimate of drug-likeness (QED) is 0.670. The molecule has 1 aromatic heterocycles. The minimum atomic E-state index is -3.75. The summed E-state index contributed by atoms with van der Waals surface area (Å²) < 4.78 is 32.3. The van der Waals surface area contributed by atoms with Crippen molar-refractivity contribution in [1.29, 1.82) is 0 Å². The summed E-state index contributed by atoms with van der Waals surface area (Å²) in [4.78, 5) is 26.2. The second-order valence-corrected chi connectivity index (χ2v) is 9.13. The van der Waals surface area contributed by atoms with Crippen LogP contribution in [0.5, 0.6) is 0 Å². The monoisotopic (exact) mass is 446 g/mol. The summed E-state index contributed by atoms with van der Waals surface area (Å²) in [7, 11) is -3.75. The van der Waals surface area contributed by atoms with Gasteiger partial charge in [-0.3, -0.25) is 9.59 Å². The van der Waals surface area contributed by atoms with Crippen LogP contribution in [0, 0.1) is 13.8 Å². The molecule has 1 N–H and O–H groups in total. The average Bonchev–Trinajstić information content (AvgIpc) is 2.95. The van der Waals surface area contributed by atoms with Crippen LogP contribution in [0.3, 0.4) is 0 Å². The molecule has 10 heteroatoms. The lowest BCUT2D eigenvalue weighted by atomic mass is 10.2. The lowest BCUT2D eigenvalue weighted by molar-refractivity contribution is -0.131. The van der Waals surface area contributed by atoms with Gasteiger partial charge in [0.2, 0.25) is 21.8 Å². The molecule has 2 amide bonds. The van der Waals surface area contributed by atoms with Gasteiger partial charge < -0.3 is 14.7 Å². The van der Waals surface area contributed by atoms with Crippen molar-refractivity contribution in [3.05, 3.63) is 53.4 Å². The zero-order valence-electron chi connectivity index (χ0n) is 17.6. The first-order chi connectivity index (χ1) is 14.8. The highest BCUT2D eigenvalue weighted by Crippen LogP contribution is 2.24. The topological polar surface area (TPSA) is 113 Å². The summed E-state index contributed by atoms with van der Waals surface area (Å²) in [6.45, 7) is 4.14. The molecule has 0 unspecified atom stereocenters. The van der Waals surface area contributed by atoms with Crippen molar-refractivity contribution in [3.8, 4) is 0 Å². The largest absolute Gasteiger partial charge is 0.360 e. The van der Waals surface area contributed by atoms with E-state index in [-0.39, 0.29) is 42.1 Å². The molecule has 3 rings (SSSR count). The summed E-state index contributed by atoms with van der Waals surface area (Å²) in [5.41, 5.74) is 1.21. The minimum absolute atomic E-state index is 0.0877. The van der Waals surface area contributed by atoms with E-state index in [4.69, 9.17) is 4.52 Å². The molecule has 0 bridgehead atoms. The standard InChI is InChI=1S/C21H26N4O5S/c1-16-21(17(2)30-23-16)31(28,29)25-12-6-11-24(13-14-25)20(27)15-22-19(26)10-9-18-7-4-3-5-8-18/h3-5,7-10H,6,11-15H2,1-2H3,(H,22,26)/b10-9+. The maximum absolute atomic E-state index is 13.0. The molecule has 9 nitrogen and oxygen atoms in total. The van der Waals surface area contributed by atoms with Gasteiger partial charge in [-0.05, 0) is 31.9 Å². The number of aryl methyl sites for hydroxylation is 2. The number of nitrogens with zero attached hydrogens (tertiary/aromatic N) is 3. The first-order valence-electron chi connectivity index (χ1n) is 10.0. The van der Waals surface area contributed by atoms with Crippen LogP contribution in [0.1, 0.15) is 23.4 Å². The first kappa shape index (κ1) is 22.7. The number of aromatic nitrogens is 1. The number of carbonyl (C=O) groups excluding carboxylic acids is 2. The molecule has 0 aliphatic carbocycles. The fraction of sp³-hybridized carbons (Fsp3) is 0.381. The SMILES string of the molecule is Cc1noc(C)c1S(=O)(=O)N1CCCN(C(=O)CNC(=O)/C=C/c2ccccc2)CC1. The Morgan fingerprint density at radius 2 is 1.87 bits per heavy atom. The van der Waals surface area contributed by atoms with E-state index < -0.39 is 10.0 Å². The second kappa shape index (κ2) is 9.88. The van der Waals surface area contributed by atoms with Crippen molar-refractivity contribution >= 4 is 27.9 Å². The molecule has 166 valence electrons. The summed E-state index contributed by atoms with van der Waals surface area (Å²) in [5, 5.41) is 6.31. The number of rotatable bonds is 6. The lowest BCUT2D eigenvalue weighted by Crippen LogP contribution is -2.42. The summed E-state index contributed by atoms with van der Waals surface area (Å²) in [5.74, 6) is -0.367. The van der Waals surface area contributed by atoms with E-state index >= 15 is 0 Å². The van der Waals surface area contributed by atoms with Crippen molar-refractivity contribution in [1.82, 2.24) is 19.7 Å². The van der Waals surface area contributed by atoms with E-state index in [2.05, 4.69) is 10.5 Å². The molecule has 1 fully saturated rings. The lowest BCUT2D eigenvalue weighted by Gasteiger charge is -2.22. The van der Waals surface area contributed by atoms with Gasteiger partial charge in [-0.1, -0.05) is 35.5 Å². The van der Waals surface area contributed by atoms with Gasteiger partial charge in [0, 0.05) is 32.3 Å². The normalized spacial score (nSPS) is 15.7. The van der Waals surface area contributed by atoms with Crippen LogP contribution in [0.2, 0.25) is 0 Å². The van der Waals surface area contributed by atoms with Crippen LogP contribution in [-0.4, -0.2) is 67.3 Å². The van der Waals surface area contributed by atoms with Gasteiger partial charge in [-0.15, -0.1) is 0 Å². The summed E-state index contributed by atoms with van der Waals surface area (Å²) in [6, 6.07) is 9.37. The molecule has 0 radical (unpaired) electrons. The molecule has 1 aliphatic rings. The molecule has 0 atom stereocenters. The van der Waals surface area contributed by atoms with E-state index in [9.17, 15) is 18.0 Å². The Morgan fingerprint density at radius 1 is 1.13 bits per heavy atom. The molecule has 1 aliphatic heterocycles. The van der Waals surface area contributed by atoms with Crippen LogP contribution < -0.4 is 5.32 Å². The van der Waals surface area contributed by atoms with Crippen LogP contribution in [0.15, 0.2) is 45.8 Å². The average molecular weight is 447 g/mol. The summed E-state index contributed by atoms with van der Waals surface area (Å²) >= 11 is 0. The Labute approximate surface area is 181 Å². The Hall–Kier alpha value is -2.98. The van der Waals surface area contributed by atoms with Gasteiger partial charge in [0.15, 0.2) is 5.76 Å². The molecular formula is C21H26N4O5S. The van der Waals surface area contributed by atoms with Gasteiger partial charge in [0.1, 0.15) is 10.6 Å².